The third kappa shape index (κ3) is 4.75. The number of hydrogen-bond acceptors (Lipinski definition) is 3. The third-order valence-corrected chi connectivity index (χ3v) is 2.81. The van der Waals surface area contributed by atoms with E-state index in [2.05, 4.69) is 5.32 Å². The molecule has 1 atom stereocenters. The molecule has 1 aromatic carbocycles. The van der Waals surface area contributed by atoms with Gasteiger partial charge in [-0.15, -0.1) is 0 Å². The molecule has 0 aromatic heterocycles. The molecule has 0 aliphatic heterocycles. The van der Waals surface area contributed by atoms with Gasteiger partial charge in [0.05, 0.1) is 6.61 Å². The minimum Gasteiger partial charge on any atom is -0.449 e. The number of benzene rings is 1. The fourth-order valence-corrected chi connectivity index (χ4v) is 1.72. The largest absolute Gasteiger partial charge is 0.449 e. The number of rotatable bonds is 6. The number of nitrogens with one attached hydrogen (secondary N) is 1. The maximum atomic E-state index is 11.6. The molecule has 0 radical (unpaired) electrons. The van der Waals surface area contributed by atoms with Gasteiger partial charge in [0, 0.05) is 11.1 Å². The van der Waals surface area contributed by atoms with Crippen LogP contribution in [0.25, 0.3) is 0 Å². The first kappa shape index (κ1) is 14.5. The first-order valence-corrected chi connectivity index (χ1v) is 6.19. The minimum atomic E-state index is -0.489. The first-order chi connectivity index (χ1) is 8.59. The maximum absolute atomic E-state index is 11.6. The second-order valence-corrected chi connectivity index (χ2v) is 4.79. The van der Waals surface area contributed by atoms with Gasteiger partial charge in [-0.25, -0.2) is 4.79 Å². The lowest BCUT2D eigenvalue weighted by molar-refractivity contribution is 0.0489. The molecular weight excluding hydrogens is 230 g/mol. The van der Waals surface area contributed by atoms with E-state index in [1.165, 1.54) is 0 Å². The van der Waals surface area contributed by atoms with Crippen LogP contribution in [-0.2, 0) is 4.74 Å². The third-order valence-electron chi connectivity index (χ3n) is 2.81. The lowest BCUT2D eigenvalue weighted by atomic mass is 9.88. The maximum Gasteiger partial charge on any atom is 0.411 e. The van der Waals surface area contributed by atoms with Crippen LogP contribution in [0.1, 0.15) is 26.7 Å². The molecule has 0 aliphatic carbocycles. The molecule has 0 heterocycles. The Hall–Kier alpha value is -1.55. The van der Waals surface area contributed by atoms with E-state index in [0.29, 0.717) is 5.69 Å². The molecule has 0 bridgehead atoms. The number of para-hydroxylation sites is 1. The Kier molecular flexibility index (Phi) is 5.65. The van der Waals surface area contributed by atoms with Gasteiger partial charge in [0.2, 0.25) is 0 Å². The Morgan fingerprint density at radius 2 is 2.06 bits per heavy atom. The highest BCUT2D eigenvalue weighted by Gasteiger charge is 2.24. The van der Waals surface area contributed by atoms with E-state index in [0.717, 1.165) is 12.8 Å². The van der Waals surface area contributed by atoms with Crippen LogP contribution in [0.15, 0.2) is 30.3 Å². The highest BCUT2D eigenvalue weighted by molar-refractivity contribution is 5.84. The van der Waals surface area contributed by atoms with E-state index < -0.39 is 6.09 Å². The molecule has 0 fully saturated rings. The van der Waals surface area contributed by atoms with Crippen molar-refractivity contribution in [1.29, 1.82) is 0 Å². The molecule has 1 amide bonds. The Balaban J connectivity index is 2.41. The second-order valence-electron chi connectivity index (χ2n) is 4.79. The predicted octanol–water partition coefficient (Wildman–Crippen LogP) is 3.03. The van der Waals surface area contributed by atoms with Crippen LogP contribution in [0.3, 0.4) is 0 Å². The van der Waals surface area contributed by atoms with Crippen molar-refractivity contribution in [1.82, 2.24) is 0 Å². The molecule has 4 heteroatoms. The van der Waals surface area contributed by atoms with Gasteiger partial charge in [0.15, 0.2) is 0 Å². The van der Waals surface area contributed by atoms with Gasteiger partial charge in [-0.1, -0.05) is 38.5 Å². The summed E-state index contributed by atoms with van der Waals surface area (Å²) in [5.74, 6) is 0. The fraction of sp³-hybridized carbons (Fsp3) is 0.500. The Morgan fingerprint density at radius 3 is 2.61 bits per heavy atom. The van der Waals surface area contributed by atoms with Crippen molar-refractivity contribution in [3.8, 4) is 0 Å². The lowest BCUT2D eigenvalue weighted by Crippen LogP contribution is -2.30. The van der Waals surface area contributed by atoms with Gasteiger partial charge in [-0.05, 0) is 18.6 Å². The number of anilines is 1. The summed E-state index contributed by atoms with van der Waals surface area (Å²) in [5, 5.41) is 11.9. The van der Waals surface area contributed by atoms with E-state index in [1.807, 2.05) is 32.0 Å². The van der Waals surface area contributed by atoms with Crippen molar-refractivity contribution in [3.63, 3.8) is 0 Å². The zero-order valence-corrected chi connectivity index (χ0v) is 11.0. The van der Waals surface area contributed by atoms with Crippen molar-refractivity contribution in [2.24, 2.45) is 5.41 Å². The number of amides is 1. The van der Waals surface area contributed by atoms with Gasteiger partial charge in [0.1, 0.15) is 6.61 Å². The molecule has 0 aliphatic rings. The number of carbonyl (C=O) groups excluding carboxylic acids is 1. The van der Waals surface area contributed by atoms with Crippen LogP contribution < -0.4 is 5.32 Å². The average Bonchev–Trinajstić information content (AvgIpc) is 2.38. The topological polar surface area (TPSA) is 58.6 Å². The van der Waals surface area contributed by atoms with Gasteiger partial charge < -0.3 is 9.84 Å². The SMILES string of the molecule is CCC[C@@](C)(CO)COC(=O)Nc1ccccc1. The zero-order chi connectivity index (χ0) is 13.4. The molecule has 1 rings (SSSR count). The molecule has 0 spiro atoms. The van der Waals surface area contributed by atoms with Crippen LogP contribution in [0.4, 0.5) is 10.5 Å². The van der Waals surface area contributed by atoms with Crippen molar-refractivity contribution >= 4 is 11.8 Å². The van der Waals surface area contributed by atoms with E-state index >= 15 is 0 Å². The Labute approximate surface area is 108 Å². The van der Waals surface area contributed by atoms with Crippen LogP contribution in [0.5, 0.6) is 0 Å². The summed E-state index contributed by atoms with van der Waals surface area (Å²) in [6.45, 7) is 4.18. The van der Waals surface area contributed by atoms with Crippen molar-refractivity contribution < 1.29 is 14.6 Å². The monoisotopic (exact) mass is 251 g/mol. The molecule has 100 valence electrons. The fourth-order valence-electron chi connectivity index (χ4n) is 1.72. The molecule has 0 saturated carbocycles. The number of carbonyl (C=O) groups is 1. The van der Waals surface area contributed by atoms with E-state index in [1.54, 1.807) is 12.1 Å². The summed E-state index contributed by atoms with van der Waals surface area (Å²) < 4.78 is 5.14. The standard InChI is InChI=1S/C14H21NO3/c1-3-9-14(2,10-16)11-18-13(17)15-12-7-5-4-6-8-12/h4-8,16H,3,9-11H2,1-2H3,(H,15,17)/t14-/m0/s1. The summed E-state index contributed by atoms with van der Waals surface area (Å²) in [4.78, 5) is 11.6. The van der Waals surface area contributed by atoms with Crippen molar-refractivity contribution in [2.45, 2.75) is 26.7 Å². The smallest absolute Gasteiger partial charge is 0.411 e. The summed E-state index contributed by atoms with van der Waals surface area (Å²) >= 11 is 0. The van der Waals surface area contributed by atoms with Crippen molar-refractivity contribution in [3.05, 3.63) is 30.3 Å². The summed E-state index contributed by atoms with van der Waals surface area (Å²) in [6.07, 6.45) is 1.28. The normalized spacial score (nSPS) is 13.7. The van der Waals surface area contributed by atoms with E-state index in [-0.39, 0.29) is 18.6 Å². The number of aliphatic hydroxyl groups is 1. The molecule has 4 nitrogen and oxygen atoms in total. The molecule has 0 saturated heterocycles. The Bertz CT molecular complexity index is 367. The molecule has 2 N–H and O–H groups in total. The number of hydrogen-bond donors (Lipinski definition) is 2. The van der Waals surface area contributed by atoms with E-state index in [4.69, 9.17) is 4.74 Å². The zero-order valence-electron chi connectivity index (χ0n) is 11.0. The molecule has 0 unspecified atom stereocenters. The van der Waals surface area contributed by atoms with Gasteiger partial charge in [-0.3, -0.25) is 5.32 Å². The second kappa shape index (κ2) is 7.01. The summed E-state index contributed by atoms with van der Waals surface area (Å²) in [5.41, 5.74) is 0.340. The lowest BCUT2D eigenvalue weighted by Gasteiger charge is -2.26. The Morgan fingerprint density at radius 1 is 1.39 bits per heavy atom. The van der Waals surface area contributed by atoms with Gasteiger partial charge >= 0.3 is 6.09 Å². The quantitative estimate of drug-likeness (QED) is 0.817. The number of aliphatic hydroxyl groups excluding tert-OH is 1. The highest BCUT2D eigenvalue weighted by Crippen LogP contribution is 2.22. The predicted molar refractivity (Wildman–Crippen MR) is 71.5 cm³/mol. The van der Waals surface area contributed by atoms with Gasteiger partial charge in [0.25, 0.3) is 0 Å². The molecular formula is C14H21NO3. The van der Waals surface area contributed by atoms with Crippen molar-refractivity contribution in [2.75, 3.05) is 18.5 Å². The van der Waals surface area contributed by atoms with Crippen LogP contribution in [0.2, 0.25) is 0 Å². The summed E-state index contributed by atoms with van der Waals surface area (Å²) in [6, 6.07) is 9.13. The van der Waals surface area contributed by atoms with E-state index in [9.17, 15) is 9.90 Å². The van der Waals surface area contributed by atoms with Crippen LogP contribution >= 0.6 is 0 Å². The minimum absolute atomic E-state index is 0.0134. The van der Waals surface area contributed by atoms with Crippen LogP contribution in [-0.4, -0.2) is 24.4 Å². The highest BCUT2D eigenvalue weighted by atomic mass is 16.5. The summed E-state index contributed by atoms with van der Waals surface area (Å²) in [7, 11) is 0. The number of ether oxygens (including phenoxy) is 1. The first-order valence-electron chi connectivity index (χ1n) is 6.19. The molecule has 18 heavy (non-hydrogen) atoms. The van der Waals surface area contributed by atoms with Crippen LogP contribution in [0, 0.1) is 5.41 Å². The average molecular weight is 251 g/mol. The molecule has 1 aromatic rings. The van der Waals surface area contributed by atoms with Gasteiger partial charge in [-0.2, -0.15) is 0 Å².